The second-order valence-electron chi connectivity index (χ2n) is 7.18. The Balaban J connectivity index is 1.47. The zero-order valence-electron chi connectivity index (χ0n) is 18.1. The first kappa shape index (κ1) is 22.0. The smallest absolute Gasteiger partial charge is 0.286 e. The third-order valence-corrected chi connectivity index (χ3v) is 6.42. The van der Waals surface area contributed by atoms with E-state index in [1.54, 1.807) is 51.7 Å². The number of methoxy groups -OCH3 is 3. The van der Waals surface area contributed by atoms with Crippen molar-refractivity contribution in [3.8, 4) is 17.2 Å². The average Bonchev–Trinajstić information content (AvgIpc) is 3.19. The Morgan fingerprint density at radius 1 is 0.938 bits per heavy atom. The zero-order valence-corrected chi connectivity index (χ0v) is 18.9. The number of rotatable bonds is 5. The maximum atomic E-state index is 14.1. The van der Waals surface area contributed by atoms with E-state index in [9.17, 15) is 9.18 Å². The highest BCUT2D eigenvalue weighted by Crippen LogP contribution is 2.38. The highest BCUT2D eigenvalue weighted by atomic mass is 32.2. The minimum absolute atomic E-state index is 0.224. The molecule has 32 heavy (non-hydrogen) atoms. The number of thioether (sulfide) groups is 1. The van der Waals surface area contributed by atoms with Crippen LogP contribution in [0.4, 0.5) is 10.1 Å². The van der Waals surface area contributed by atoms with E-state index in [4.69, 9.17) is 14.2 Å². The normalized spacial score (nSPS) is 17.6. The summed E-state index contributed by atoms with van der Waals surface area (Å²) in [7, 11) is 4.67. The van der Waals surface area contributed by atoms with Gasteiger partial charge in [-0.3, -0.25) is 4.79 Å². The fraction of sp³-hybridized carbons (Fsp3) is 0.304. The summed E-state index contributed by atoms with van der Waals surface area (Å²) < 4.78 is 30.2. The molecule has 0 bridgehead atoms. The Kier molecular flexibility index (Phi) is 6.55. The van der Waals surface area contributed by atoms with Gasteiger partial charge in [0.1, 0.15) is 11.6 Å². The van der Waals surface area contributed by atoms with E-state index in [-0.39, 0.29) is 11.7 Å². The van der Waals surface area contributed by atoms with Crippen LogP contribution in [-0.4, -0.2) is 63.5 Å². The van der Waals surface area contributed by atoms with Crippen molar-refractivity contribution in [2.24, 2.45) is 4.99 Å². The van der Waals surface area contributed by atoms with Crippen molar-refractivity contribution in [1.29, 1.82) is 0 Å². The van der Waals surface area contributed by atoms with Crippen LogP contribution >= 0.6 is 11.8 Å². The molecular formula is C23H24FN3O4S. The molecule has 2 aromatic rings. The van der Waals surface area contributed by atoms with E-state index in [0.717, 1.165) is 0 Å². The lowest BCUT2D eigenvalue weighted by atomic mass is 10.1. The minimum atomic E-state index is -0.293. The molecule has 168 valence electrons. The average molecular weight is 458 g/mol. The molecule has 0 radical (unpaired) electrons. The molecule has 1 saturated heterocycles. The highest BCUT2D eigenvalue weighted by molar-refractivity contribution is 8.18. The van der Waals surface area contributed by atoms with Crippen LogP contribution in [0.15, 0.2) is 46.3 Å². The molecule has 2 aliphatic rings. The summed E-state index contributed by atoms with van der Waals surface area (Å²) in [6, 6.07) is 10.3. The number of ether oxygens (including phenoxy) is 3. The summed E-state index contributed by atoms with van der Waals surface area (Å²) in [5, 5.41) is 0.661. The van der Waals surface area contributed by atoms with Crippen LogP contribution in [-0.2, 0) is 4.79 Å². The first-order chi connectivity index (χ1) is 15.5. The van der Waals surface area contributed by atoms with Gasteiger partial charge in [-0.15, -0.1) is 0 Å². The van der Waals surface area contributed by atoms with Gasteiger partial charge in [0.2, 0.25) is 0 Å². The highest BCUT2D eigenvalue weighted by Gasteiger charge is 2.29. The van der Waals surface area contributed by atoms with Crippen LogP contribution in [0.5, 0.6) is 17.2 Å². The zero-order chi connectivity index (χ0) is 22.7. The van der Waals surface area contributed by atoms with Crippen LogP contribution in [0.2, 0.25) is 0 Å². The molecule has 0 aliphatic carbocycles. The molecule has 4 rings (SSSR count). The molecule has 0 atom stereocenters. The molecule has 2 aliphatic heterocycles. The van der Waals surface area contributed by atoms with Gasteiger partial charge in [0.25, 0.3) is 5.91 Å². The van der Waals surface area contributed by atoms with Gasteiger partial charge in [-0.25, -0.2) is 4.39 Å². The maximum Gasteiger partial charge on any atom is 0.286 e. The fourth-order valence-electron chi connectivity index (χ4n) is 3.69. The number of hydrogen-bond acceptors (Lipinski definition) is 7. The van der Waals surface area contributed by atoms with E-state index in [1.807, 2.05) is 11.0 Å². The number of piperazine rings is 1. The number of halogens is 1. The first-order valence-electron chi connectivity index (χ1n) is 10.1. The summed E-state index contributed by atoms with van der Waals surface area (Å²) in [5.41, 5.74) is 1.30. The van der Waals surface area contributed by atoms with E-state index < -0.39 is 0 Å². The standard InChI is InChI=1S/C23H24FN3O4S/c1-29-18-14-20(31-3)19(30-2)12-15(18)13-21-22(28)25-23(32-21)27-10-8-26(9-11-27)17-7-5-4-6-16(17)24/h4-7,12-14H,8-11H2,1-3H3/b21-13-. The fourth-order valence-corrected chi connectivity index (χ4v) is 4.64. The number of anilines is 1. The molecule has 1 amide bonds. The van der Waals surface area contributed by atoms with Crippen LogP contribution in [0.3, 0.4) is 0 Å². The lowest BCUT2D eigenvalue weighted by Gasteiger charge is -2.36. The Labute approximate surface area is 190 Å². The largest absolute Gasteiger partial charge is 0.496 e. The number of nitrogens with zero attached hydrogens (tertiary/aromatic N) is 3. The monoisotopic (exact) mass is 457 g/mol. The van der Waals surface area contributed by atoms with Crippen molar-refractivity contribution < 1.29 is 23.4 Å². The molecule has 0 saturated carbocycles. The lowest BCUT2D eigenvalue weighted by Crippen LogP contribution is -2.48. The van der Waals surface area contributed by atoms with Crippen molar-refractivity contribution in [2.75, 3.05) is 52.4 Å². The topological polar surface area (TPSA) is 63.6 Å². The van der Waals surface area contributed by atoms with Crippen LogP contribution < -0.4 is 19.1 Å². The van der Waals surface area contributed by atoms with Crippen molar-refractivity contribution in [3.05, 3.63) is 52.7 Å². The molecule has 0 unspecified atom stereocenters. The number of amides is 1. The first-order valence-corrected chi connectivity index (χ1v) is 10.9. The van der Waals surface area contributed by atoms with Crippen molar-refractivity contribution in [2.45, 2.75) is 0 Å². The molecule has 7 nitrogen and oxygen atoms in total. The van der Waals surface area contributed by atoms with E-state index in [2.05, 4.69) is 9.89 Å². The molecule has 2 aromatic carbocycles. The van der Waals surface area contributed by atoms with Gasteiger partial charge in [-0.1, -0.05) is 12.1 Å². The Morgan fingerprint density at radius 2 is 1.56 bits per heavy atom. The number of hydrogen-bond donors (Lipinski definition) is 0. The molecule has 2 heterocycles. The number of aliphatic imine (C=N–C) groups is 1. The molecule has 0 aromatic heterocycles. The van der Waals surface area contributed by atoms with Gasteiger partial charge in [-0.05, 0) is 36.0 Å². The predicted octanol–water partition coefficient (Wildman–Crippen LogP) is 3.64. The van der Waals surface area contributed by atoms with Crippen molar-refractivity contribution >= 4 is 34.6 Å². The van der Waals surface area contributed by atoms with Crippen molar-refractivity contribution in [1.82, 2.24) is 4.90 Å². The Hall–Kier alpha value is -3.20. The number of para-hydroxylation sites is 1. The summed E-state index contributed by atoms with van der Waals surface area (Å²) in [5.74, 6) is 1.13. The predicted molar refractivity (Wildman–Crippen MR) is 124 cm³/mol. The van der Waals surface area contributed by atoms with Gasteiger partial charge in [0.15, 0.2) is 16.7 Å². The van der Waals surface area contributed by atoms with E-state index >= 15 is 0 Å². The number of amidine groups is 1. The summed E-state index contributed by atoms with van der Waals surface area (Å²) in [6.07, 6.45) is 1.75. The van der Waals surface area contributed by atoms with Gasteiger partial charge in [-0.2, -0.15) is 4.99 Å². The lowest BCUT2D eigenvalue weighted by molar-refractivity contribution is -0.113. The number of benzene rings is 2. The summed E-state index contributed by atoms with van der Waals surface area (Å²) in [6.45, 7) is 2.61. The van der Waals surface area contributed by atoms with E-state index in [1.165, 1.54) is 17.8 Å². The second-order valence-corrected chi connectivity index (χ2v) is 8.19. The van der Waals surface area contributed by atoms with E-state index in [0.29, 0.717) is 64.8 Å². The summed E-state index contributed by atoms with van der Waals surface area (Å²) >= 11 is 1.33. The van der Waals surface area contributed by atoms with Gasteiger partial charge in [0.05, 0.1) is 31.9 Å². The van der Waals surface area contributed by atoms with Gasteiger partial charge in [0, 0.05) is 37.8 Å². The third-order valence-electron chi connectivity index (χ3n) is 5.38. The number of carbonyl (C=O) groups is 1. The van der Waals surface area contributed by atoms with Crippen LogP contribution in [0, 0.1) is 5.82 Å². The second kappa shape index (κ2) is 9.52. The number of carbonyl (C=O) groups excluding carboxylic acids is 1. The SMILES string of the molecule is COc1cc(OC)c(OC)cc1/C=C1\SC(N2CCN(c3ccccc3F)CC2)=NC1=O. The Bertz CT molecular complexity index is 1080. The van der Waals surface area contributed by atoms with Gasteiger partial charge < -0.3 is 24.0 Å². The molecular weight excluding hydrogens is 433 g/mol. The third kappa shape index (κ3) is 4.38. The molecule has 1 fully saturated rings. The summed E-state index contributed by atoms with van der Waals surface area (Å²) in [4.78, 5) is 21.4. The minimum Gasteiger partial charge on any atom is -0.496 e. The van der Waals surface area contributed by atoms with Gasteiger partial charge >= 0.3 is 0 Å². The quantitative estimate of drug-likeness (QED) is 0.635. The van der Waals surface area contributed by atoms with Crippen molar-refractivity contribution in [3.63, 3.8) is 0 Å². The Morgan fingerprint density at radius 3 is 2.22 bits per heavy atom. The van der Waals surface area contributed by atoms with Crippen LogP contribution in [0.25, 0.3) is 6.08 Å². The molecule has 0 spiro atoms. The van der Waals surface area contributed by atoms with Crippen LogP contribution in [0.1, 0.15) is 5.56 Å². The maximum absolute atomic E-state index is 14.1. The molecule has 9 heteroatoms. The molecule has 0 N–H and O–H groups in total.